The van der Waals surface area contributed by atoms with Crippen LogP contribution in [0.1, 0.15) is 0 Å². The Morgan fingerprint density at radius 2 is 1.76 bits per heavy atom. The Morgan fingerprint density at radius 3 is 2.35 bits per heavy atom. The molecule has 0 spiro atoms. The van der Waals surface area contributed by atoms with Crippen molar-refractivity contribution in [2.24, 2.45) is 0 Å². The van der Waals surface area contributed by atoms with Gasteiger partial charge < -0.3 is 5.32 Å². The Kier molecular flexibility index (Phi) is 3.68. The van der Waals surface area contributed by atoms with E-state index in [1.165, 1.54) is 0 Å². The summed E-state index contributed by atoms with van der Waals surface area (Å²) in [4.78, 5) is 8.26. The van der Waals surface area contributed by atoms with E-state index in [9.17, 15) is 0 Å². The maximum absolute atomic E-state index is 8.41. The van der Waals surface area contributed by atoms with Gasteiger partial charge in [-0.1, -0.05) is 28.1 Å². The van der Waals surface area contributed by atoms with Gasteiger partial charge in [-0.25, -0.2) is 9.97 Å². The molecule has 2 aromatic rings. The number of hydrogen-bond acceptors (Lipinski definition) is 4. The molecule has 2 rings (SSSR count). The molecule has 0 radical (unpaired) electrons. The van der Waals surface area contributed by atoms with Gasteiger partial charge in [0.2, 0.25) is 5.95 Å². The predicted molar refractivity (Wildman–Crippen MR) is 69.3 cm³/mol. The quantitative estimate of drug-likeness (QED) is 0.883. The number of rotatable bonds is 3. The van der Waals surface area contributed by atoms with E-state index in [4.69, 9.17) is 5.26 Å². The van der Waals surface area contributed by atoms with Crippen molar-refractivity contribution in [3.63, 3.8) is 0 Å². The number of aromatic nitrogens is 2. The number of anilines is 1. The first-order valence-corrected chi connectivity index (χ1v) is 5.78. The second kappa shape index (κ2) is 5.41. The molecule has 1 N–H and O–H groups in total. The third-order valence-electron chi connectivity index (χ3n) is 2.15. The van der Waals surface area contributed by atoms with Gasteiger partial charge in [-0.15, -0.1) is 0 Å². The van der Waals surface area contributed by atoms with Crippen LogP contribution in [-0.2, 0) is 0 Å². The van der Waals surface area contributed by atoms with Crippen LogP contribution in [0.4, 0.5) is 5.95 Å². The van der Waals surface area contributed by atoms with E-state index in [0.29, 0.717) is 5.95 Å². The van der Waals surface area contributed by atoms with Gasteiger partial charge in [0.25, 0.3) is 0 Å². The fourth-order valence-corrected chi connectivity index (χ4v) is 1.59. The predicted octanol–water partition coefficient (Wildman–Crippen LogP) is 2.84. The summed E-state index contributed by atoms with van der Waals surface area (Å²) in [6.45, 7) is 0.206. The highest BCUT2D eigenvalue weighted by atomic mass is 79.9. The average molecular weight is 289 g/mol. The minimum Gasteiger partial charge on any atom is -0.341 e. The summed E-state index contributed by atoms with van der Waals surface area (Å²) >= 11 is 3.39. The molecule has 4 nitrogen and oxygen atoms in total. The Labute approximate surface area is 107 Å². The summed E-state index contributed by atoms with van der Waals surface area (Å²) in [6.07, 6.45) is 3.46. The summed E-state index contributed by atoms with van der Waals surface area (Å²) in [7, 11) is 0. The smallest absolute Gasteiger partial charge is 0.223 e. The van der Waals surface area contributed by atoms with Gasteiger partial charge in [0.15, 0.2) is 0 Å². The molecular formula is C12H9BrN4. The molecule has 0 aliphatic rings. The van der Waals surface area contributed by atoms with Crippen LogP contribution < -0.4 is 5.32 Å². The molecule has 84 valence electrons. The zero-order chi connectivity index (χ0) is 12.1. The van der Waals surface area contributed by atoms with E-state index < -0.39 is 0 Å². The van der Waals surface area contributed by atoms with E-state index in [2.05, 4.69) is 31.2 Å². The number of nitrogens with one attached hydrogen (secondary N) is 1. The van der Waals surface area contributed by atoms with Crippen LogP contribution in [0.25, 0.3) is 11.1 Å². The molecular weight excluding hydrogens is 280 g/mol. The number of nitriles is 1. The highest BCUT2D eigenvalue weighted by molar-refractivity contribution is 9.10. The average Bonchev–Trinajstić information content (AvgIpc) is 2.38. The molecule has 0 aliphatic heterocycles. The van der Waals surface area contributed by atoms with Crippen LogP contribution >= 0.6 is 15.9 Å². The third-order valence-corrected chi connectivity index (χ3v) is 2.68. The van der Waals surface area contributed by atoms with Gasteiger partial charge in [-0.2, -0.15) is 5.26 Å². The van der Waals surface area contributed by atoms with Crippen LogP contribution in [0, 0.1) is 11.3 Å². The van der Waals surface area contributed by atoms with Crippen LogP contribution in [0.2, 0.25) is 0 Å². The van der Waals surface area contributed by atoms with E-state index >= 15 is 0 Å². The summed E-state index contributed by atoms with van der Waals surface area (Å²) in [5, 5.41) is 11.2. The first-order chi connectivity index (χ1) is 8.29. The van der Waals surface area contributed by atoms with Crippen molar-refractivity contribution in [3.8, 4) is 17.2 Å². The molecule has 0 unspecified atom stereocenters. The monoisotopic (exact) mass is 288 g/mol. The second-order valence-corrected chi connectivity index (χ2v) is 4.23. The van der Waals surface area contributed by atoms with Crippen molar-refractivity contribution in [2.75, 3.05) is 11.9 Å². The van der Waals surface area contributed by atoms with Crippen LogP contribution in [0.3, 0.4) is 0 Å². The molecule has 0 atom stereocenters. The fourth-order valence-electron chi connectivity index (χ4n) is 1.33. The molecule has 0 amide bonds. The van der Waals surface area contributed by atoms with Crippen molar-refractivity contribution >= 4 is 21.9 Å². The van der Waals surface area contributed by atoms with Crippen molar-refractivity contribution < 1.29 is 0 Å². The minimum atomic E-state index is 0.206. The van der Waals surface area contributed by atoms with Gasteiger partial charge in [-0.05, 0) is 17.7 Å². The second-order valence-electron chi connectivity index (χ2n) is 3.31. The lowest BCUT2D eigenvalue weighted by Gasteiger charge is -2.03. The van der Waals surface area contributed by atoms with Crippen LogP contribution in [-0.4, -0.2) is 16.5 Å². The Bertz CT molecular complexity index is 528. The van der Waals surface area contributed by atoms with Crippen molar-refractivity contribution in [1.82, 2.24) is 9.97 Å². The molecule has 17 heavy (non-hydrogen) atoms. The van der Waals surface area contributed by atoms with Gasteiger partial charge in [0, 0.05) is 22.4 Å². The first-order valence-electron chi connectivity index (χ1n) is 4.98. The van der Waals surface area contributed by atoms with Gasteiger partial charge in [0.1, 0.15) is 6.54 Å². The number of benzene rings is 1. The number of halogens is 1. The maximum atomic E-state index is 8.41. The zero-order valence-corrected chi connectivity index (χ0v) is 10.5. The normalized spacial score (nSPS) is 9.65. The van der Waals surface area contributed by atoms with Crippen molar-refractivity contribution in [1.29, 1.82) is 5.26 Å². The summed E-state index contributed by atoms with van der Waals surface area (Å²) in [5.74, 6) is 0.465. The lowest BCUT2D eigenvalue weighted by atomic mass is 10.1. The first kappa shape index (κ1) is 11.6. The van der Waals surface area contributed by atoms with Crippen molar-refractivity contribution in [2.45, 2.75) is 0 Å². The SMILES string of the molecule is N#CCNc1ncc(-c2ccc(Br)cc2)cn1. The molecule has 0 aliphatic carbocycles. The van der Waals surface area contributed by atoms with Crippen molar-refractivity contribution in [3.05, 3.63) is 41.1 Å². The zero-order valence-electron chi connectivity index (χ0n) is 8.89. The standard InChI is InChI=1S/C12H9BrN4/c13-11-3-1-9(2-4-11)10-7-16-12(17-8-10)15-6-5-14/h1-4,7-8H,6H2,(H,15,16,17). The Morgan fingerprint density at radius 1 is 1.12 bits per heavy atom. The third kappa shape index (κ3) is 3.02. The molecule has 0 saturated carbocycles. The molecule has 1 heterocycles. The van der Waals surface area contributed by atoms with E-state index in [-0.39, 0.29) is 6.54 Å². The largest absolute Gasteiger partial charge is 0.341 e. The Balaban J connectivity index is 2.18. The van der Waals surface area contributed by atoms with E-state index in [1.54, 1.807) is 12.4 Å². The molecule has 1 aromatic carbocycles. The topological polar surface area (TPSA) is 61.6 Å². The van der Waals surface area contributed by atoms with Gasteiger partial charge >= 0.3 is 0 Å². The molecule has 1 aromatic heterocycles. The van der Waals surface area contributed by atoms with Crippen LogP contribution in [0.15, 0.2) is 41.1 Å². The van der Waals surface area contributed by atoms with Gasteiger partial charge in [-0.3, -0.25) is 0 Å². The highest BCUT2D eigenvalue weighted by Gasteiger charge is 1.99. The Hall–Kier alpha value is -1.93. The molecule has 0 bridgehead atoms. The highest BCUT2D eigenvalue weighted by Crippen LogP contribution is 2.20. The summed E-state index contributed by atoms with van der Waals surface area (Å²) in [5.41, 5.74) is 2.00. The lowest BCUT2D eigenvalue weighted by Crippen LogP contribution is -2.02. The summed E-state index contributed by atoms with van der Waals surface area (Å²) < 4.78 is 1.04. The number of hydrogen-bond donors (Lipinski definition) is 1. The number of nitrogens with zero attached hydrogens (tertiary/aromatic N) is 3. The van der Waals surface area contributed by atoms with Gasteiger partial charge in [0.05, 0.1) is 6.07 Å². The molecule has 5 heteroatoms. The molecule has 0 fully saturated rings. The van der Waals surface area contributed by atoms with E-state index in [0.717, 1.165) is 15.6 Å². The van der Waals surface area contributed by atoms with Crippen LogP contribution in [0.5, 0.6) is 0 Å². The molecule has 0 saturated heterocycles. The maximum Gasteiger partial charge on any atom is 0.223 e. The lowest BCUT2D eigenvalue weighted by molar-refractivity contribution is 1.12. The minimum absolute atomic E-state index is 0.206. The summed E-state index contributed by atoms with van der Waals surface area (Å²) in [6, 6.07) is 9.89. The fraction of sp³-hybridized carbons (Fsp3) is 0.0833. The van der Waals surface area contributed by atoms with E-state index in [1.807, 2.05) is 30.3 Å².